The molecule has 1 heterocycles. The number of hydrogen-bond acceptors (Lipinski definition) is 3. The average molecular weight is 381 g/mol. The standard InChI is InChI=1S/C16H22ClN3O.2ClH/c17-13-5-1-2-7-15(13)19-8-10-20(11-9-19)16(21)12-4-3-6-14(12)18;;/h1-2,5,7,12,14H,3-4,6,8-11,18H2;2*1H. The van der Waals surface area contributed by atoms with Gasteiger partial charge in [-0.3, -0.25) is 4.79 Å². The zero-order valence-electron chi connectivity index (χ0n) is 13.0. The highest BCUT2D eigenvalue weighted by Crippen LogP contribution is 2.28. The first-order valence-corrected chi connectivity index (χ1v) is 8.08. The molecule has 2 aliphatic rings. The number of nitrogens with zero attached hydrogens (tertiary/aromatic N) is 2. The fourth-order valence-corrected chi connectivity index (χ4v) is 3.66. The number of nitrogens with two attached hydrogens (primary N) is 1. The van der Waals surface area contributed by atoms with Gasteiger partial charge in [0.05, 0.1) is 16.6 Å². The Hall–Kier alpha value is -0.680. The number of hydrogen-bond donors (Lipinski definition) is 1. The molecule has 1 aromatic rings. The van der Waals surface area contributed by atoms with Gasteiger partial charge in [0.1, 0.15) is 0 Å². The van der Waals surface area contributed by atoms with E-state index in [-0.39, 0.29) is 42.7 Å². The Bertz CT molecular complexity index is 521. The average Bonchev–Trinajstić information content (AvgIpc) is 2.93. The lowest BCUT2D eigenvalue weighted by Gasteiger charge is -2.38. The van der Waals surface area contributed by atoms with Crippen LogP contribution >= 0.6 is 36.4 Å². The van der Waals surface area contributed by atoms with Crippen LogP contribution in [0.5, 0.6) is 0 Å². The molecular weight excluding hydrogens is 357 g/mol. The van der Waals surface area contributed by atoms with Crippen LogP contribution in [-0.2, 0) is 4.79 Å². The van der Waals surface area contributed by atoms with Gasteiger partial charge in [0.2, 0.25) is 5.91 Å². The third kappa shape index (κ3) is 4.44. The van der Waals surface area contributed by atoms with Crippen molar-refractivity contribution in [2.45, 2.75) is 25.3 Å². The van der Waals surface area contributed by atoms with E-state index in [1.54, 1.807) is 0 Å². The zero-order chi connectivity index (χ0) is 14.8. The van der Waals surface area contributed by atoms with E-state index in [4.69, 9.17) is 17.3 Å². The predicted molar refractivity (Wildman–Crippen MR) is 100 cm³/mol. The first-order chi connectivity index (χ1) is 10.2. The number of carbonyl (C=O) groups excluding carboxylic acids is 1. The number of para-hydroxylation sites is 1. The minimum Gasteiger partial charge on any atom is -0.367 e. The van der Waals surface area contributed by atoms with Crippen LogP contribution in [0.3, 0.4) is 0 Å². The lowest BCUT2D eigenvalue weighted by molar-refractivity contribution is -0.136. The van der Waals surface area contributed by atoms with Gasteiger partial charge in [0.15, 0.2) is 0 Å². The van der Waals surface area contributed by atoms with Crippen LogP contribution in [0.1, 0.15) is 19.3 Å². The van der Waals surface area contributed by atoms with E-state index in [2.05, 4.69) is 4.90 Å². The Labute approximate surface area is 155 Å². The summed E-state index contributed by atoms with van der Waals surface area (Å²) < 4.78 is 0. The molecule has 1 aromatic carbocycles. The highest BCUT2D eigenvalue weighted by atomic mass is 35.5. The number of piperazine rings is 1. The van der Waals surface area contributed by atoms with Gasteiger partial charge in [0.25, 0.3) is 0 Å². The van der Waals surface area contributed by atoms with Crippen molar-refractivity contribution in [1.29, 1.82) is 0 Å². The minimum atomic E-state index is 0. The second kappa shape index (κ2) is 8.97. The molecule has 4 nitrogen and oxygen atoms in total. The van der Waals surface area contributed by atoms with Gasteiger partial charge in [0, 0.05) is 32.2 Å². The molecule has 0 bridgehead atoms. The maximum absolute atomic E-state index is 12.5. The Morgan fingerprint density at radius 3 is 2.30 bits per heavy atom. The van der Waals surface area contributed by atoms with Crippen molar-refractivity contribution in [2.24, 2.45) is 11.7 Å². The minimum absolute atomic E-state index is 0. The largest absolute Gasteiger partial charge is 0.367 e. The van der Waals surface area contributed by atoms with Crippen molar-refractivity contribution < 1.29 is 4.79 Å². The monoisotopic (exact) mass is 379 g/mol. The highest BCUT2D eigenvalue weighted by Gasteiger charge is 2.34. The second-order valence-corrected chi connectivity index (χ2v) is 6.37. The van der Waals surface area contributed by atoms with Crippen molar-refractivity contribution in [3.8, 4) is 0 Å². The molecule has 1 aliphatic heterocycles. The van der Waals surface area contributed by atoms with Gasteiger partial charge in [-0.15, -0.1) is 24.8 Å². The molecule has 0 radical (unpaired) electrons. The summed E-state index contributed by atoms with van der Waals surface area (Å²) >= 11 is 6.24. The van der Waals surface area contributed by atoms with Gasteiger partial charge in [-0.1, -0.05) is 30.2 Å². The summed E-state index contributed by atoms with van der Waals surface area (Å²) in [6, 6.07) is 7.93. The van der Waals surface area contributed by atoms with Crippen LogP contribution in [0.25, 0.3) is 0 Å². The third-order valence-electron chi connectivity index (χ3n) is 4.67. The van der Waals surface area contributed by atoms with Crippen LogP contribution in [0.15, 0.2) is 24.3 Å². The summed E-state index contributed by atoms with van der Waals surface area (Å²) in [5, 5.41) is 0.773. The predicted octanol–water partition coefficient (Wildman–Crippen LogP) is 2.96. The summed E-state index contributed by atoms with van der Waals surface area (Å²) in [6.07, 6.45) is 3.01. The Balaban J connectivity index is 0.00000132. The van der Waals surface area contributed by atoms with Gasteiger partial charge in [-0.25, -0.2) is 0 Å². The Morgan fingerprint density at radius 1 is 1.09 bits per heavy atom. The van der Waals surface area contributed by atoms with E-state index in [1.165, 1.54) is 0 Å². The summed E-state index contributed by atoms with van der Waals surface area (Å²) in [7, 11) is 0. The number of anilines is 1. The van der Waals surface area contributed by atoms with E-state index in [0.717, 1.165) is 56.2 Å². The fourth-order valence-electron chi connectivity index (χ4n) is 3.41. The molecule has 23 heavy (non-hydrogen) atoms. The maximum atomic E-state index is 12.5. The van der Waals surface area contributed by atoms with Crippen LogP contribution in [0.4, 0.5) is 5.69 Å². The topological polar surface area (TPSA) is 49.6 Å². The summed E-state index contributed by atoms with van der Waals surface area (Å²) in [4.78, 5) is 16.7. The molecule has 1 saturated heterocycles. The van der Waals surface area contributed by atoms with Crippen molar-refractivity contribution >= 4 is 48.0 Å². The van der Waals surface area contributed by atoms with E-state index in [9.17, 15) is 4.79 Å². The van der Waals surface area contributed by atoms with Crippen molar-refractivity contribution in [2.75, 3.05) is 31.1 Å². The van der Waals surface area contributed by atoms with Crippen molar-refractivity contribution in [3.63, 3.8) is 0 Å². The van der Waals surface area contributed by atoms with Gasteiger partial charge < -0.3 is 15.5 Å². The SMILES string of the molecule is Cl.Cl.NC1CCCC1C(=O)N1CCN(c2ccccc2Cl)CC1. The number of halogens is 3. The Morgan fingerprint density at radius 2 is 1.74 bits per heavy atom. The van der Waals surface area contributed by atoms with Crippen LogP contribution in [0.2, 0.25) is 5.02 Å². The molecule has 2 fully saturated rings. The molecule has 1 aliphatic carbocycles. The summed E-state index contributed by atoms with van der Waals surface area (Å²) in [5.41, 5.74) is 7.11. The van der Waals surface area contributed by atoms with Gasteiger partial charge in [-0.05, 0) is 25.0 Å². The molecule has 3 rings (SSSR count). The molecule has 1 amide bonds. The quantitative estimate of drug-likeness (QED) is 0.858. The Kier molecular flexibility index (Phi) is 7.95. The van der Waals surface area contributed by atoms with Crippen LogP contribution < -0.4 is 10.6 Å². The molecule has 1 saturated carbocycles. The number of amides is 1. The number of carbonyl (C=O) groups is 1. The molecule has 2 atom stereocenters. The van der Waals surface area contributed by atoms with E-state index >= 15 is 0 Å². The molecular formula is C16H24Cl3N3O. The van der Waals surface area contributed by atoms with E-state index < -0.39 is 0 Å². The van der Waals surface area contributed by atoms with Crippen molar-refractivity contribution in [3.05, 3.63) is 29.3 Å². The smallest absolute Gasteiger partial charge is 0.227 e. The number of rotatable bonds is 2. The normalized spacial score (nSPS) is 23.9. The van der Waals surface area contributed by atoms with E-state index in [0.29, 0.717) is 0 Å². The summed E-state index contributed by atoms with van der Waals surface area (Å²) in [5.74, 6) is 0.288. The first kappa shape index (κ1) is 20.4. The van der Waals surface area contributed by atoms with Crippen LogP contribution in [-0.4, -0.2) is 43.0 Å². The maximum Gasteiger partial charge on any atom is 0.227 e. The third-order valence-corrected chi connectivity index (χ3v) is 4.99. The molecule has 130 valence electrons. The molecule has 2 N–H and O–H groups in total. The molecule has 2 unspecified atom stereocenters. The van der Waals surface area contributed by atoms with Gasteiger partial charge in [-0.2, -0.15) is 0 Å². The molecule has 0 aromatic heterocycles. The van der Waals surface area contributed by atoms with Crippen LogP contribution in [0, 0.1) is 5.92 Å². The fraction of sp³-hybridized carbons (Fsp3) is 0.562. The van der Waals surface area contributed by atoms with Crippen molar-refractivity contribution in [1.82, 2.24) is 4.90 Å². The van der Waals surface area contributed by atoms with E-state index in [1.807, 2.05) is 29.2 Å². The first-order valence-electron chi connectivity index (χ1n) is 7.70. The number of benzene rings is 1. The zero-order valence-corrected chi connectivity index (χ0v) is 15.4. The molecule has 7 heteroatoms. The second-order valence-electron chi connectivity index (χ2n) is 5.96. The summed E-state index contributed by atoms with van der Waals surface area (Å²) in [6.45, 7) is 3.18. The van der Waals surface area contributed by atoms with Gasteiger partial charge >= 0.3 is 0 Å². The highest BCUT2D eigenvalue weighted by molar-refractivity contribution is 6.33. The molecule has 0 spiro atoms. The lowest BCUT2D eigenvalue weighted by atomic mass is 10.0. The lowest BCUT2D eigenvalue weighted by Crippen LogP contribution is -2.52.